The first kappa shape index (κ1) is 45.6. The lowest BCUT2D eigenvalue weighted by Gasteiger charge is -2.15. The van der Waals surface area contributed by atoms with Crippen LogP contribution in [-0.2, 0) is 40.6 Å². The number of nitrogens with one attached hydrogen (secondary N) is 3. The molecule has 2 amide bonds. The van der Waals surface area contributed by atoms with E-state index in [0.717, 1.165) is 11.8 Å². The molecule has 8 N–H and O–H groups in total. The molecule has 57 heavy (non-hydrogen) atoms. The number of aliphatic carboxylic acids is 1. The monoisotopic (exact) mass is 822 g/mol. The number of rotatable bonds is 20. The molecule has 0 saturated heterocycles. The maximum atomic E-state index is 13.1. The Morgan fingerprint density at radius 3 is 2.25 bits per heavy atom. The summed E-state index contributed by atoms with van der Waals surface area (Å²) in [6.45, 7) is 5.14. The number of carbonyl (C=O) groups is 4. The number of benzene rings is 2. The lowest BCUT2D eigenvalue weighted by molar-refractivity contribution is -0.138. The fraction of sp³-hybridized carbons (Fsp3) is 0.371. The highest BCUT2D eigenvalue weighted by Gasteiger charge is 2.32. The van der Waals surface area contributed by atoms with Crippen LogP contribution in [0.1, 0.15) is 77.9 Å². The summed E-state index contributed by atoms with van der Waals surface area (Å²) in [4.78, 5) is 72.4. The molecule has 0 saturated carbocycles. The zero-order chi connectivity index (χ0) is 42.0. The van der Waals surface area contributed by atoms with Crippen LogP contribution in [0.5, 0.6) is 0 Å². The van der Waals surface area contributed by atoms with Crippen LogP contribution in [0.2, 0.25) is 0 Å². The van der Waals surface area contributed by atoms with Crippen molar-refractivity contribution in [2.45, 2.75) is 58.7 Å². The number of primary amides is 1. The van der Waals surface area contributed by atoms with Gasteiger partial charge in [0.2, 0.25) is 17.8 Å². The van der Waals surface area contributed by atoms with Crippen molar-refractivity contribution in [3.05, 3.63) is 81.4 Å². The van der Waals surface area contributed by atoms with Crippen LogP contribution in [0.3, 0.4) is 0 Å². The first-order chi connectivity index (χ1) is 27.1. The number of H-pyrrole nitrogens is 1. The van der Waals surface area contributed by atoms with Crippen LogP contribution in [0.15, 0.2) is 53.5 Å². The molecule has 0 bridgehead atoms. The van der Waals surface area contributed by atoms with E-state index < -0.39 is 49.7 Å². The van der Waals surface area contributed by atoms with Crippen molar-refractivity contribution in [1.82, 2.24) is 19.9 Å². The van der Waals surface area contributed by atoms with E-state index in [9.17, 15) is 37.1 Å². The van der Waals surface area contributed by atoms with E-state index >= 15 is 0 Å². The van der Waals surface area contributed by atoms with Crippen LogP contribution in [0.25, 0.3) is 11.2 Å². The number of aromatic nitrogens is 4. The summed E-state index contributed by atoms with van der Waals surface area (Å²) >= 11 is 0. The van der Waals surface area contributed by atoms with Gasteiger partial charge in [0.15, 0.2) is 11.2 Å². The molecular weight excluding hydrogens is 780 g/mol. The highest BCUT2D eigenvalue weighted by molar-refractivity contribution is 7.41. The van der Waals surface area contributed by atoms with Crippen molar-refractivity contribution in [1.29, 1.82) is 0 Å². The molecule has 0 aliphatic heterocycles. The maximum absolute atomic E-state index is 13.1. The van der Waals surface area contributed by atoms with Crippen molar-refractivity contribution in [3.63, 3.8) is 0 Å². The van der Waals surface area contributed by atoms with Gasteiger partial charge in [0.1, 0.15) is 0 Å². The Bertz CT molecular complexity index is 2030. The number of anilines is 3. The number of nitrogens with two attached hydrogens (primary N) is 2. The van der Waals surface area contributed by atoms with Gasteiger partial charge >= 0.3 is 26.7 Å². The summed E-state index contributed by atoms with van der Waals surface area (Å²) < 4.78 is 60.4. The smallest absolute Gasteiger partial charge is 0.416 e. The molecule has 2 aromatic heterocycles. The number of hydrogen-bond donors (Lipinski definition) is 6. The lowest BCUT2D eigenvalue weighted by Crippen LogP contribution is -2.17. The second kappa shape index (κ2) is 22.7. The van der Waals surface area contributed by atoms with Crippen molar-refractivity contribution in [2.75, 3.05) is 42.8 Å². The van der Waals surface area contributed by atoms with E-state index in [1.54, 1.807) is 24.3 Å². The zero-order valence-electron chi connectivity index (χ0n) is 30.9. The predicted octanol–water partition coefficient (Wildman–Crippen LogP) is 5.16. The lowest BCUT2D eigenvalue weighted by atomic mass is 10.1. The summed E-state index contributed by atoms with van der Waals surface area (Å²) in [5, 5.41) is 14.0. The SMILES string of the molecule is CCOP(OCC)OCCCCOC(=O)c1ccc(C(F)(F)F)cc1NC(=O)CCCC(=O)O.NC(=O)c1ccc(NCc2cnc3nc(N)[nH]c(=O)c3n2)cc1. The van der Waals surface area contributed by atoms with Crippen molar-refractivity contribution in [2.24, 2.45) is 5.73 Å². The first-order valence-corrected chi connectivity index (χ1v) is 18.4. The van der Waals surface area contributed by atoms with Gasteiger partial charge in [-0.25, -0.2) is 14.8 Å². The Morgan fingerprint density at radius 1 is 0.930 bits per heavy atom. The number of carboxylic acids is 1. The van der Waals surface area contributed by atoms with E-state index in [1.807, 2.05) is 13.8 Å². The number of carboxylic acid groups (broad SMARTS) is 1. The Labute approximate surface area is 324 Å². The number of unbranched alkanes of at least 4 members (excludes halogenated alkanes) is 1. The number of amides is 2. The van der Waals surface area contributed by atoms with E-state index in [-0.39, 0.29) is 54.2 Å². The van der Waals surface area contributed by atoms with Gasteiger partial charge in [0.25, 0.3) is 5.56 Å². The Balaban J connectivity index is 0.000000326. The Hall–Kier alpha value is -5.76. The highest BCUT2D eigenvalue weighted by Crippen LogP contribution is 2.39. The summed E-state index contributed by atoms with van der Waals surface area (Å²) in [6, 6.07) is 8.98. The zero-order valence-corrected chi connectivity index (χ0v) is 31.8. The molecule has 0 radical (unpaired) electrons. The average molecular weight is 823 g/mol. The molecule has 2 aromatic carbocycles. The molecule has 4 aromatic rings. The van der Waals surface area contributed by atoms with Crippen LogP contribution in [0.4, 0.5) is 30.5 Å². The second-order valence-corrected chi connectivity index (χ2v) is 12.8. The third-order valence-electron chi connectivity index (χ3n) is 7.20. The van der Waals surface area contributed by atoms with Gasteiger partial charge in [-0.15, -0.1) is 0 Å². The topological polar surface area (TPSA) is 273 Å². The van der Waals surface area contributed by atoms with E-state index in [4.69, 9.17) is 34.9 Å². The van der Waals surface area contributed by atoms with E-state index in [2.05, 4.69) is 30.6 Å². The largest absolute Gasteiger partial charge is 0.481 e. The molecule has 4 rings (SSSR count). The van der Waals surface area contributed by atoms with Crippen LogP contribution in [0, 0.1) is 0 Å². The molecule has 0 atom stereocenters. The van der Waals surface area contributed by atoms with Gasteiger partial charge < -0.3 is 45.5 Å². The fourth-order valence-electron chi connectivity index (χ4n) is 4.52. The van der Waals surface area contributed by atoms with E-state index in [0.29, 0.717) is 62.6 Å². The summed E-state index contributed by atoms with van der Waals surface area (Å²) in [6.07, 6.45) is -2.74. The quantitative estimate of drug-likeness (QED) is 0.0382. The minimum atomic E-state index is -4.69. The predicted molar refractivity (Wildman–Crippen MR) is 202 cm³/mol. The van der Waals surface area contributed by atoms with Crippen molar-refractivity contribution < 1.29 is 55.8 Å². The summed E-state index contributed by atoms with van der Waals surface area (Å²) in [7, 11) is -1.44. The van der Waals surface area contributed by atoms with E-state index in [1.165, 1.54) is 6.20 Å². The average Bonchev–Trinajstić information content (AvgIpc) is 3.15. The number of ether oxygens (including phenoxy) is 1. The number of esters is 1. The summed E-state index contributed by atoms with van der Waals surface area (Å²) in [5.41, 5.74) is 10.6. The second-order valence-electron chi connectivity index (χ2n) is 11.6. The van der Waals surface area contributed by atoms with Crippen LogP contribution in [-0.4, -0.2) is 75.2 Å². The van der Waals surface area contributed by atoms with Gasteiger partial charge in [-0.05, 0) is 75.6 Å². The third kappa shape index (κ3) is 15.7. The summed E-state index contributed by atoms with van der Waals surface area (Å²) in [5.74, 6) is -3.21. The standard InChI is InChI=1S/C21H29F3NO8P.C14H13N7O2/c1-3-31-34(32-4-2)33-13-6-5-12-30-20(29)16-11-10-15(21(22,23)24)14-17(16)25-18(26)8-7-9-19(27)28;15-11(22)7-1-3-8(4-2-7)17-5-9-6-18-12-10(19-9)13(23)21-14(16)20-12/h10-11,14H,3-9,12-13H2,1-2H3,(H,25,26)(H,27,28);1-4,6,17H,5H2,(H2,15,22)(H3,16,18,20,21,23). The minimum absolute atomic E-state index is 0.00258. The van der Waals surface area contributed by atoms with Gasteiger partial charge in [-0.1, -0.05) is 0 Å². The normalized spacial score (nSPS) is 11.1. The van der Waals surface area contributed by atoms with Gasteiger partial charge in [-0.3, -0.25) is 24.2 Å². The number of alkyl halides is 3. The number of nitrogens with zero attached hydrogens (tertiary/aromatic N) is 3. The Morgan fingerprint density at radius 2 is 1.61 bits per heavy atom. The van der Waals surface area contributed by atoms with Gasteiger partial charge in [0, 0.05) is 24.1 Å². The molecule has 2 heterocycles. The minimum Gasteiger partial charge on any atom is -0.481 e. The number of carbonyl (C=O) groups excluding carboxylic acids is 3. The van der Waals surface area contributed by atoms with Crippen molar-refractivity contribution >= 4 is 60.8 Å². The number of halogens is 3. The molecule has 0 unspecified atom stereocenters. The number of aromatic amines is 1. The van der Waals surface area contributed by atoms with Gasteiger partial charge in [-0.2, -0.15) is 18.2 Å². The number of hydrogen-bond acceptors (Lipinski definition) is 14. The Kier molecular flexibility index (Phi) is 18.2. The number of fused-ring (bicyclic) bond motifs is 1. The first-order valence-electron chi connectivity index (χ1n) is 17.3. The van der Waals surface area contributed by atoms with Gasteiger partial charge in [0.05, 0.1) is 61.7 Å². The highest BCUT2D eigenvalue weighted by atomic mass is 31.2. The molecule has 308 valence electrons. The maximum Gasteiger partial charge on any atom is 0.416 e. The number of nitrogen functional groups attached to an aromatic ring is 1. The van der Waals surface area contributed by atoms with Crippen LogP contribution < -0.4 is 27.7 Å². The molecular formula is C35H42F3N8O10P. The fourth-order valence-corrected chi connectivity index (χ4v) is 5.45. The molecule has 0 aliphatic rings. The molecule has 18 nitrogen and oxygen atoms in total. The third-order valence-corrected chi connectivity index (χ3v) is 8.53. The molecule has 22 heteroatoms. The van der Waals surface area contributed by atoms with Crippen LogP contribution >= 0.6 is 8.60 Å². The van der Waals surface area contributed by atoms with Crippen molar-refractivity contribution in [3.8, 4) is 0 Å². The molecule has 0 spiro atoms. The molecule has 0 fully saturated rings. The molecule has 0 aliphatic carbocycles.